The maximum absolute atomic E-state index is 12.9. The van der Waals surface area contributed by atoms with Crippen LogP contribution < -0.4 is 0 Å². The molecular weight excluding hydrogens is 308 g/mol. The maximum atomic E-state index is 12.9. The summed E-state index contributed by atoms with van der Waals surface area (Å²) in [7, 11) is 0. The van der Waals surface area contributed by atoms with Gasteiger partial charge in [0.15, 0.2) is 5.78 Å². The number of Topliss-reactive ketones (excluding diaryl/α,β-unsaturated/α-hetero) is 1. The lowest BCUT2D eigenvalue weighted by Gasteiger charge is -2.18. The van der Waals surface area contributed by atoms with Gasteiger partial charge in [-0.15, -0.1) is 0 Å². The molecule has 2 heterocycles. The number of imidazole rings is 1. The minimum Gasteiger partial charge on any atom is -0.323 e. The highest BCUT2D eigenvalue weighted by Gasteiger charge is 2.31. The van der Waals surface area contributed by atoms with Gasteiger partial charge < -0.3 is 4.57 Å². The van der Waals surface area contributed by atoms with E-state index in [2.05, 4.69) is 28.6 Å². The van der Waals surface area contributed by atoms with E-state index < -0.39 is 0 Å². The highest BCUT2D eigenvalue weighted by molar-refractivity contribution is 6.01. The van der Waals surface area contributed by atoms with Gasteiger partial charge in [0.05, 0.1) is 24.3 Å². The Hall–Kier alpha value is -2.94. The summed E-state index contributed by atoms with van der Waals surface area (Å²) in [5.41, 5.74) is 6.62. The van der Waals surface area contributed by atoms with E-state index >= 15 is 0 Å². The molecule has 0 fully saturated rings. The topological polar surface area (TPSA) is 34.9 Å². The van der Waals surface area contributed by atoms with E-state index in [1.54, 1.807) is 0 Å². The van der Waals surface area contributed by atoms with Crippen molar-refractivity contribution in [1.82, 2.24) is 9.55 Å². The van der Waals surface area contributed by atoms with Crippen LogP contribution in [0.1, 0.15) is 46.6 Å². The fraction of sp³-hybridized carbons (Fsp3) is 0.182. The molecule has 0 bridgehead atoms. The fourth-order valence-electron chi connectivity index (χ4n) is 3.63. The van der Waals surface area contributed by atoms with Crippen molar-refractivity contribution < 1.29 is 4.79 Å². The van der Waals surface area contributed by atoms with Crippen molar-refractivity contribution in [2.24, 2.45) is 0 Å². The number of hydrogen-bond acceptors (Lipinski definition) is 2. The second-order valence-corrected chi connectivity index (χ2v) is 6.60. The van der Waals surface area contributed by atoms with Gasteiger partial charge in [-0.1, -0.05) is 60.2 Å². The molecule has 1 aliphatic rings. The standard InChI is InChI=1S/C22H20N2O/c1-15-8-10-17(11-9-15)21(25)12-19-22(18-6-4-3-5-7-18)16(2)20-13-23-14-24(19)20/h3-11,13-14,19H,12H2,1-2H3. The van der Waals surface area contributed by atoms with Gasteiger partial charge in [0.25, 0.3) is 0 Å². The van der Waals surface area contributed by atoms with Crippen LogP contribution in [0.4, 0.5) is 0 Å². The molecule has 3 nitrogen and oxygen atoms in total. The normalized spacial score (nSPS) is 16.2. The van der Waals surface area contributed by atoms with E-state index in [1.807, 2.05) is 61.9 Å². The first kappa shape index (κ1) is 15.6. The van der Waals surface area contributed by atoms with Gasteiger partial charge in [-0.05, 0) is 30.6 Å². The number of ketones is 1. The quantitative estimate of drug-likeness (QED) is 0.635. The van der Waals surface area contributed by atoms with Crippen LogP contribution in [-0.2, 0) is 0 Å². The van der Waals surface area contributed by atoms with Gasteiger partial charge in [-0.2, -0.15) is 0 Å². The van der Waals surface area contributed by atoms with Crippen molar-refractivity contribution in [2.45, 2.75) is 26.3 Å². The van der Waals surface area contributed by atoms with Crippen molar-refractivity contribution in [3.05, 3.63) is 89.5 Å². The van der Waals surface area contributed by atoms with Crippen molar-refractivity contribution in [3.63, 3.8) is 0 Å². The van der Waals surface area contributed by atoms with Gasteiger partial charge in [-0.3, -0.25) is 4.79 Å². The molecule has 1 aromatic heterocycles. The van der Waals surface area contributed by atoms with Gasteiger partial charge in [0, 0.05) is 12.0 Å². The molecule has 0 aliphatic carbocycles. The summed E-state index contributed by atoms with van der Waals surface area (Å²) >= 11 is 0. The number of hydrogen-bond donors (Lipinski definition) is 0. The molecule has 1 atom stereocenters. The number of rotatable bonds is 4. The highest BCUT2D eigenvalue weighted by atomic mass is 16.1. The van der Waals surface area contributed by atoms with Gasteiger partial charge in [0.1, 0.15) is 0 Å². The molecule has 3 aromatic rings. The second kappa shape index (κ2) is 6.17. The maximum Gasteiger partial charge on any atom is 0.165 e. The minimum absolute atomic E-state index is 0.00583. The molecule has 0 N–H and O–H groups in total. The molecule has 1 unspecified atom stereocenters. The number of allylic oxidation sites excluding steroid dienone is 2. The zero-order valence-electron chi connectivity index (χ0n) is 14.4. The van der Waals surface area contributed by atoms with Crippen molar-refractivity contribution in [3.8, 4) is 0 Å². The van der Waals surface area contributed by atoms with Crippen LogP contribution in [0.15, 0.2) is 67.1 Å². The molecule has 0 spiro atoms. The number of nitrogens with zero attached hydrogens (tertiary/aromatic N) is 2. The molecule has 4 rings (SSSR count). The average Bonchev–Trinajstić information content (AvgIpc) is 3.20. The zero-order chi connectivity index (χ0) is 17.4. The van der Waals surface area contributed by atoms with Crippen LogP contribution in [0.25, 0.3) is 11.1 Å². The van der Waals surface area contributed by atoms with Crippen LogP contribution in [0, 0.1) is 6.92 Å². The number of fused-ring (bicyclic) bond motifs is 1. The predicted molar refractivity (Wildman–Crippen MR) is 100 cm³/mol. The summed E-state index contributed by atoms with van der Waals surface area (Å²) in [4.78, 5) is 17.2. The van der Waals surface area contributed by atoms with Crippen LogP contribution in [-0.4, -0.2) is 15.3 Å². The second-order valence-electron chi connectivity index (χ2n) is 6.60. The summed E-state index contributed by atoms with van der Waals surface area (Å²) in [6, 6.07) is 18.1. The Labute approximate surface area is 147 Å². The van der Waals surface area contributed by atoms with E-state index in [9.17, 15) is 4.79 Å². The number of carbonyl (C=O) groups is 1. The van der Waals surface area contributed by atoms with E-state index in [-0.39, 0.29) is 11.8 Å². The summed E-state index contributed by atoms with van der Waals surface area (Å²) in [5.74, 6) is 0.160. The number of carbonyl (C=O) groups excluding carboxylic acids is 1. The Morgan fingerprint density at radius 3 is 2.48 bits per heavy atom. The van der Waals surface area contributed by atoms with Gasteiger partial charge >= 0.3 is 0 Å². The molecule has 124 valence electrons. The van der Waals surface area contributed by atoms with Crippen LogP contribution in [0.3, 0.4) is 0 Å². The Kier molecular flexibility index (Phi) is 3.85. The molecular formula is C22H20N2O. The number of benzene rings is 2. The Morgan fingerprint density at radius 1 is 1.04 bits per heavy atom. The summed E-state index contributed by atoms with van der Waals surface area (Å²) in [5, 5.41) is 0. The third kappa shape index (κ3) is 2.72. The number of aryl methyl sites for hydroxylation is 1. The Bertz CT molecular complexity index is 949. The monoisotopic (exact) mass is 328 g/mol. The molecule has 2 aromatic carbocycles. The largest absolute Gasteiger partial charge is 0.323 e. The summed E-state index contributed by atoms with van der Waals surface area (Å²) in [6.45, 7) is 4.15. The SMILES string of the molecule is CC1=C(c2ccccc2)C(CC(=O)c2ccc(C)cc2)n2cncc21. The molecule has 0 amide bonds. The van der Waals surface area contributed by atoms with E-state index in [0.29, 0.717) is 6.42 Å². The lowest BCUT2D eigenvalue weighted by atomic mass is 9.91. The first-order valence-corrected chi connectivity index (χ1v) is 8.53. The minimum atomic E-state index is -0.00583. The van der Waals surface area contributed by atoms with Crippen molar-refractivity contribution in [2.75, 3.05) is 0 Å². The smallest absolute Gasteiger partial charge is 0.165 e. The van der Waals surface area contributed by atoms with Gasteiger partial charge in [-0.25, -0.2) is 4.98 Å². The first-order valence-electron chi connectivity index (χ1n) is 8.53. The first-order chi connectivity index (χ1) is 12.1. The van der Waals surface area contributed by atoms with Crippen LogP contribution in [0.5, 0.6) is 0 Å². The third-order valence-electron chi connectivity index (χ3n) is 4.96. The molecule has 1 aliphatic heterocycles. The fourth-order valence-corrected chi connectivity index (χ4v) is 3.63. The third-order valence-corrected chi connectivity index (χ3v) is 4.96. The lowest BCUT2D eigenvalue weighted by Crippen LogP contribution is -2.13. The average molecular weight is 328 g/mol. The van der Waals surface area contributed by atoms with Crippen molar-refractivity contribution >= 4 is 16.9 Å². The zero-order valence-corrected chi connectivity index (χ0v) is 14.4. The summed E-state index contributed by atoms with van der Waals surface area (Å²) < 4.78 is 2.13. The van der Waals surface area contributed by atoms with Gasteiger partial charge in [0.2, 0.25) is 0 Å². The summed E-state index contributed by atoms with van der Waals surface area (Å²) in [6.07, 6.45) is 4.16. The molecule has 25 heavy (non-hydrogen) atoms. The van der Waals surface area contributed by atoms with E-state index in [0.717, 1.165) is 16.8 Å². The van der Waals surface area contributed by atoms with Crippen LogP contribution in [0.2, 0.25) is 0 Å². The molecule has 0 radical (unpaired) electrons. The highest BCUT2D eigenvalue weighted by Crippen LogP contribution is 2.44. The van der Waals surface area contributed by atoms with E-state index in [4.69, 9.17) is 0 Å². The number of aromatic nitrogens is 2. The van der Waals surface area contributed by atoms with Crippen molar-refractivity contribution in [1.29, 1.82) is 0 Å². The molecule has 0 saturated carbocycles. The molecule has 0 saturated heterocycles. The Balaban J connectivity index is 1.71. The lowest BCUT2D eigenvalue weighted by molar-refractivity contribution is 0.0972. The van der Waals surface area contributed by atoms with E-state index in [1.165, 1.54) is 16.7 Å². The predicted octanol–water partition coefficient (Wildman–Crippen LogP) is 4.95. The molecule has 3 heteroatoms. The van der Waals surface area contributed by atoms with Crippen LogP contribution >= 0.6 is 0 Å². The Morgan fingerprint density at radius 2 is 1.76 bits per heavy atom.